The van der Waals surface area contributed by atoms with E-state index in [9.17, 15) is 4.79 Å². The molecule has 6 nitrogen and oxygen atoms in total. The topological polar surface area (TPSA) is 78.9 Å². The van der Waals surface area contributed by atoms with Crippen LogP contribution in [-0.4, -0.2) is 21.0 Å². The molecule has 0 spiro atoms. The molecule has 154 valence electrons. The van der Waals surface area contributed by atoms with Crippen LogP contribution in [0.2, 0.25) is 10.0 Å². The summed E-state index contributed by atoms with van der Waals surface area (Å²) in [5.41, 5.74) is 8.66. The molecule has 0 atom stereocenters. The molecule has 0 aliphatic rings. The Morgan fingerprint density at radius 2 is 1.68 bits per heavy atom. The Kier molecular flexibility index (Phi) is 6.27. The molecule has 0 saturated heterocycles. The smallest absolute Gasteiger partial charge is 0.270 e. The van der Waals surface area contributed by atoms with E-state index >= 15 is 0 Å². The van der Waals surface area contributed by atoms with Crippen molar-refractivity contribution in [3.63, 3.8) is 0 Å². The second-order valence-electron chi connectivity index (χ2n) is 6.47. The van der Waals surface area contributed by atoms with Crippen LogP contribution in [0.25, 0.3) is 22.2 Å². The average Bonchev–Trinajstić information content (AvgIpc) is 2.79. The number of carbonyl (C=O) groups excluding carboxylic acids is 1. The molecule has 4 aromatic rings. The SMILES string of the molecule is O=C(NNC(=S)Nc1ccc(Cl)c(Cl)c1)c1cc(-c2ccncc2)nc2ccccc12. The first-order chi connectivity index (χ1) is 15.0. The van der Waals surface area contributed by atoms with Gasteiger partial charge < -0.3 is 5.32 Å². The molecule has 9 heteroatoms. The number of amides is 1. The van der Waals surface area contributed by atoms with E-state index in [1.54, 1.807) is 36.7 Å². The number of anilines is 1. The minimum atomic E-state index is -0.354. The summed E-state index contributed by atoms with van der Waals surface area (Å²) in [6, 6.07) is 17.9. The van der Waals surface area contributed by atoms with Crippen molar-refractivity contribution in [2.24, 2.45) is 0 Å². The number of benzene rings is 2. The first kappa shape index (κ1) is 21.0. The third kappa shape index (κ3) is 4.91. The van der Waals surface area contributed by atoms with E-state index in [2.05, 4.69) is 26.1 Å². The number of aromatic nitrogens is 2. The van der Waals surface area contributed by atoms with Gasteiger partial charge in [0.25, 0.3) is 5.91 Å². The van der Waals surface area contributed by atoms with E-state index in [4.69, 9.17) is 35.4 Å². The second kappa shape index (κ2) is 9.26. The molecule has 4 rings (SSSR count). The van der Waals surface area contributed by atoms with Gasteiger partial charge >= 0.3 is 0 Å². The molecule has 3 N–H and O–H groups in total. The van der Waals surface area contributed by atoms with Crippen molar-refractivity contribution in [3.05, 3.63) is 88.7 Å². The van der Waals surface area contributed by atoms with Crippen molar-refractivity contribution in [3.8, 4) is 11.3 Å². The van der Waals surface area contributed by atoms with Gasteiger partial charge in [0, 0.05) is 29.0 Å². The van der Waals surface area contributed by atoms with Gasteiger partial charge in [0.1, 0.15) is 0 Å². The summed E-state index contributed by atoms with van der Waals surface area (Å²) < 4.78 is 0. The number of rotatable bonds is 3. The maximum Gasteiger partial charge on any atom is 0.270 e. The van der Waals surface area contributed by atoms with Crippen LogP contribution >= 0.6 is 35.4 Å². The third-order valence-corrected chi connectivity index (χ3v) is 5.35. The standard InChI is InChI=1S/C22H15Cl2N5OS/c23-17-6-5-14(11-18(17)24)26-22(31)29-28-21(30)16-12-20(13-7-9-25-10-8-13)27-19-4-2-1-3-15(16)19/h1-12H,(H,28,30)(H2,26,29,31). The highest BCUT2D eigenvalue weighted by molar-refractivity contribution is 7.80. The van der Waals surface area contributed by atoms with E-state index in [0.717, 1.165) is 10.9 Å². The molecule has 0 aliphatic carbocycles. The summed E-state index contributed by atoms with van der Waals surface area (Å²) in [4.78, 5) is 21.7. The fourth-order valence-corrected chi connectivity index (χ4v) is 3.42. The molecular formula is C22H15Cl2N5OS. The van der Waals surface area contributed by atoms with Crippen molar-refractivity contribution in [2.75, 3.05) is 5.32 Å². The Labute approximate surface area is 193 Å². The monoisotopic (exact) mass is 467 g/mol. The third-order valence-electron chi connectivity index (χ3n) is 4.40. The van der Waals surface area contributed by atoms with E-state index < -0.39 is 0 Å². The maximum absolute atomic E-state index is 13.0. The Bertz CT molecular complexity index is 1280. The molecular weight excluding hydrogens is 453 g/mol. The number of hydrogen-bond donors (Lipinski definition) is 3. The number of nitrogens with one attached hydrogen (secondary N) is 3. The van der Waals surface area contributed by atoms with E-state index in [-0.39, 0.29) is 11.0 Å². The summed E-state index contributed by atoms with van der Waals surface area (Å²) in [7, 11) is 0. The largest absolute Gasteiger partial charge is 0.331 e. The number of halogens is 2. The van der Waals surface area contributed by atoms with Gasteiger partial charge in [-0.15, -0.1) is 0 Å². The van der Waals surface area contributed by atoms with Crippen LogP contribution in [0, 0.1) is 0 Å². The molecule has 31 heavy (non-hydrogen) atoms. The van der Waals surface area contributed by atoms with Gasteiger partial charge in [0.15, 0.2) is 5.11 Å². The first-order valence-electron chi connectivity index (χ1n) is 9.14. The van der Waals surface area contributed by atoms with Gasteiger partial charge in [0.2, 0.25) is 0 Å². The average molecular weight is 468 g/mol. The Morgan fingerprint density at radius 3 is 2.45 bits per heavy atom. The number of pyridine rings is 2. The molecule has 2 aromatic carbocycles. The van der Waals surface area contributed by atoms with Crippen LogP contribution in [-0.2, 0) is 0 Å². The second-order valence-corrected chi connectivity index (χ2v) is 7.69. The Hall–Kier alpha value is -3.26. The van der Waals surface area contributed by atoms with E-state index in [1.807, 2.05) is 36.4 Å². The van der Waals surface area contributed by atoms with Crippen LogP contribution in [0.15, 0.2) is 73.1 Å². The molecule has 2 heterocycles. The molecule has 0 saturated carbocycles. The summed E-state index contributed by atoms with van der Waals surface area (Å²) in [5.74, 6) is -0.354. The normalized spacial score (nSPS) is 10.5. The summed E-state index contributed by atoms with van der Waals surface area (Å²) >= 11 is 17.2. The predicted molar refractivity (Wildman–Crippen MR) is 128 cm³/mol. The molecule has 0 aliphatic heterocycles. The zero-order chi connectivity index (χ0) is 21.8. The number of nitrogens with zero attached hydrogens (tertiary/aromatic N) is 2. The lowest BCUT2D eigenvalue weighted by atomic mass is 10.0. The molecule has 0 radical (unpaired) electrons. The summed E-state index contributed by atoms with van der Waals surface area (Å²) in [6.45, 7) is 0. The predicted octanol–water partition coefficient (Wildman–Crippen LogP) is 5.24. The van der Waals surface area contributed by atoms with Crippen molar-refractivity contribution >= 4 is 63.0 Å². The lowest BCUT2D eigenvalue weighted by Gasteiger charge is -2.14. The Morgan fingerprint density at radius 1 is 0.903 bits per heavy atom. The molecule has 2 aromatic heterocycles. The molecule has 0 fully saturated rings. The zero-order valence-corrected chi connectivity index (χ0v) is 18.2. The minimum absolute atomic E-state index is 0.194. The number of hydrazine groups is 1. The summed E-state index contributed by atoms with van der Waals surface area (Å²) in [5, 5.41) is 4.69. The molecule has 0 unspecified atom stereocenters. The van der Waals surface area contributed by atoms with Crippen molar-refractivity contribution in [1.82, 2.24) is 20.8 Å². The van der Waals surface area contributed by atoms with Gasteiger partial charge in [-0.25, -0.2) is 4.98 Å². The minimum Gasteiger partial charge on any atom is -0.331 e. The van der Waals surface area contributed by atoms with Gasteiger partial charge in [-0.05, 0) is 54.7 Å². The van der Waals surface area contributed by atoms with Crippen molar-refractivity contribution < 1.29 is 4.79 Å². The quantitative estimate of drug-likeness (QED) is 0.282. The van der Waals surface area contributed by atoms with Crippen LogP contribution in [0.3, 0.4) is 0 Å². The fourth-order valence-electron chi connectivity index (χ4n) is 2.95. The molecule has 0 bridgehead atoms. The maximum atomic E-state index is 13.0. The van der Waals surface area contributed by atoms with Crippen LogP contribution < -0.4 is 16.2 Å². The first-order valence-corrected chi connectivity index (χ1v) is 10.3. The number of fused-ring (bicyclic) bond motifs is 1. The van der Waals surface area contributed by atoms with Gasteiger partial charge in [-0.1, -0.05) is 41.4 Å². The lowest BCUT2D eigenvalue weighted by Crippen LogP contribution is -2.43. The zero-order valence-electron chi connectivity index (χ0n) is 15.9. The number of thiocarbonyl (C=S) groups is 1. The Balaban J connectivity index is 1.54. The van der Waals surface area contributed by atoms with Crippen LogP contribution in [0.5, 0.6) is 0 Å². The van der Waals surface area contributed by atoms with E-state index in [0.29, 0.717) is 32.5 Å². The van der Waals surface area contributed by atoms with E-state index in [1.165, 1.54) is 0 Å². The number of carbonyl (C=O) groups is 1. The van der Waals surface area contributed by atoms with Crippen LogP contribution in [0.4, 0.5) is 5.69 Å². The van der Waals surface area contributed by atoms with Gasteiger partial charge in [-0.3, -0.25) is 20.6 Å². The highest BCUT2D eigenvalue weighted by Crippen LogP contribution is 2.25. The lowest BCUT2D eigenvalue weighted by molar-refractivity contribution is 0.0946. The fraction of sp³-hybridized carbons (Fsp3) is 0. The van der Waals surface area contributed by atoms with Crippen molar-refractivity contribution in [2.45, 2.75) is 0 Å². The van der Waals surface area contributed by atoms with Gasteiger partial charge in [-0.2, -0.15) is 0 Å². The van der Waals surface area contributed by atoms with Crippen LogP contribution in [0.1, 0.15) is 10.4 Å². The number of para-hydroxylation sites is 1. The van der Waals surface area contributed by atoms with Crippen molar-refractivity contribution in [1.29, 1.82) is 0 Å². The molecule has 1 amide bonds. The highest BCUT2D eigenvalue weighted by Gasteiger charge is 2.14. The summed E-state index contributed by atoms with van der Waals surface area (Å²) in [6.07, 6.45) is 3.36. The number of hydrogen-bond acceptors (Lipinski definition) is 4. The van der Waals surface area contributed by atoms with Gasteiger partial charge in [0.05, 0.1) is 26.8 Å². The highest BCUT2D eigenvalue weighted by atomic mass is 35.5.